The molecule has 0 bridgehead atoms. The summed E-state index contributed by atoms with van der Waals surface area (Å²) < 4.78 is 38.0. The second-order valence-electron chi connectivity index (χ2n) is 5.05. The van der Waals surface area contributed by atoms with Gasteiger partial charge in [-0.3, -0.25) is 5.10 Å². The van der Waals surface area contributed by atoms with Crippen LogP contribution in [0.4, 0.5) is 30.4 Å². The number of azo groups is 1. The predicted octanol–water partition coefficient (Wildman–Crippen LogP) is 4.61. The molecule has 0 aliphatic carbocycles. The van der Waals surface area contributed by atoms with Gasteiger partial charge < -0.3 is 11.1 Å². The normalized spacial score (nSPS) is 15.2. The number of nitrogens with zero attached hydrogens (tertiary/aromatic N) is 4. The van der Waals surface area contributed by atoms with Crippen molar-refractivity contribution in [2.24, 2.45) is 10.2 Å². The number of anilines is 1. The molecule has 0 saturated carbocycles. The van der Waals surface area contributed by atoms with Crippen molar-refractivity contribution in [2.75, 3.05) is 18.0 Å². The fraction of sp³-hybridized carbons (Fsp3) is 0.357. The average Bonchev–Trinajstić information content (AvgIpc) is 3.15. The van der Waals surface area contributed by atoms with E-state index in [2.05, 4.69) is 25.3 Å². The Kier molecular flexibility index (Phi) is 4.99. The average molecular weight is 326 g/mol. The molecule has 2 heterocycles. The molecule has 23 heavy (non-hydrogen) atoms. The van der Waals surface area contributed by atoms with Gasteiger partial charge >= 0.3 is 6.18 Å². The molecular formula is C14H17F3N6. The summed E-state index contributed by atoms with van der Waals surface area (Å²) in [5.74, 6) is 0.758. The van der Waals surface area contributed by atoms with Gasteiger partial charge in [-0.05, 0) is 31.0 Å². The van der Waals surface area contributed by atoms with Gasteiger partial charge in [0.15, 0.2) is 5.82 Å². The molecule has 2 aromatic rings. The van der Waals surface area contributed by atoms with Gasteiger partial charge in [-0.1, -0.05) is 6.07 Å². The minimum Gasteiger partial charge on any atom is -0.355 e. The maximum absolute atomic E-state index is 12.7. The fourth-order valence-corrected chi connectivity index (χ4v) is 2.38. The topological polar surface area (TPSA) is 91.6 Å². The molecule has 1 fully saturated rings. The lowest BCUT2D eigenvalue weighted by Gasteiger charge is -2.14. The second kappa shape index (κ2) is 6.78. The summed E-state index contributed by atoms with van der Waals surface area (Å²) in [5, 5.41) is 14.7. The van der Waals surface area contributed by atoms with Crippen molar-refractivity contribution in [1.29, 1.82) is 0 Å². The lowest BCUT2D eigenvalue weighted by molar-refractivity contribution is -0.137. The lowest BCUT2D eigenvalue weighted by Crippen LogP contribution is -2.17. The molecule has 0 unspecified atom stereocenters. The molecule has 1 aliphatic rings. The van der Waals surface area contributed by atoms with Crippen LogP contribution < -0.4 is 11.1 Å². The monoisotopic (exact) mass is 326 g/mol. The Labute approximate surface area is 131 Å². The minimum atomic E-state index is -4.39. The van der Waals surface area contributed by atoms with Gasteiger partial charge in [0.1, 0.15) is 5.69 Å². The van der Waals surface area contributed by atoms with E-state index in [1.54, 1.807) is 0 Å². The van der Waals surface area contributed by atoms with Crippen LogP contribution in [0, 0.1) is 0 Å². The van der Waals surface area contributed by atoms with Crippen LogP contribution in [0.15, 0.2) is 40.7 Å². The second-order valence-corrected chi connectivity index (χ2v) is 5.05. The van der Waals surface area contributed by atoms with Crippen molar-refractivity contribution in [3.8, 4) is 0 Å². The predicted molar refractivity (Wildman–Crippen MR) is 80.7 cm³/mol. The lowest BCUT2D eigenvalue weighted by atomic mass is 10.2. The Hall–Kier alpha value is -2.42. The van der Waals surface area contributed by atoms with Crippen molar-refractivity contribution >= 4 is 17.2 Å². The van der Waals surface area contributed by atoms with Gasteiger partial charge in [-0.2, -0.15) is 23.4 Å². The largest absolute Gasteiger partial charge is 0.416 e. The number of hydrogen-bond acceptors (Lipinski definition) is 5. The molecule has 3 rings (SSSR count). The third-order valence-electron chi connectivity index (χ3n) is 3.47. The summed E-state index contributed by atoms with van der Waals surface area (Å²) in [6, 6.07) is 4.77. The van der Waals surface area contributed by atoms with E-state index >= 15 is 0 Å². The Morgan fingerprint density at radius 2 is 1.87 bits per heavy atom. The molecule has 1 aliphatic heterocycles. The number of benzene rings is 1. The Bertz CT molecular complexity index is 673. The number of hydrogen-bond donors (Lipinski definition) is 2. The van der Waals surface area contributed by atoms with Crippen LogP contribution in [0.2, 0.25) is 0 Å². The highest BCUT2D eigenvalue weighted by molar-refractivity contribution is 5.61. The number of alkyl halides is 3. The number of rotatable bonds is 3. The molecule has 4 N–H and O–H groups in total. The highest BCUT2D eigenvalue weighted by Crippen LogP contribution is 2.33. The third kappa shape index (κ3) is 3.86. The van der Waals surface area contributed by atoms with Crippen LogP contribution in [0.25, 0.3) is 0 Å². The summed E-state index contributed by atoms with van der Waals surface area (Å²) in [6.45, 7) is 1.82. The molecule has 9 heteroatoms. The number of nitrogens with one attached hydrogen (secondary N) is 1. The van der Waals surface area contributed by atoms with Crippen molar-refractivity contribution < 1.29 is 13.2 Å². The molecule has 1 saturated heterocycles. The Morgan fingerprint density at radius 1 is 1.13 bits per heavy atom. The van der Waals surface area contributed by atoms with Gasteiger partial charge in [-0.15, -0.1) is 5.11 Å². The number of halogens is 3. The van der Waals surface area contributed by atoms with Crippen molar-refractivity contribution in [1.82, 2.24) is 16.3 Å². The van der Waals surface area contributed by atoms with Gasteiger partial charge in [0, 0.05) is 13.1 Å². The first-order chi connectivity index (χ1) is 10.5. The van der Waals surface area contributed by atoms with Gasteiger partial charge in [0.05, 0.1) is 17.4 Å². The summed E-state index contributed by atoms with van der Waals surface area (Å²) in [6.07, 6.45) is -0.668. The molecule has 0 atom stereocenters. The van der Waals surface area contributed by atoms with Gasteiger partial charge in [-0.25, -0.2) is 0 Å². The maximum Gasteiger partial charge on any atom is 0.416 e. The summed E-state index contributed by atoms with van der Waals surface area (Å²) in [7, 11) is 0. The van der Waals surface area contributed by atoms with E-state index in [9.17, 15) is 13.2 Å². The quantitative estimate of drug-likeness (QED) is 0.807. The molecule has 6 nitrogen and oxygen atoms in total. The molecule has 0 spiro atoms. The number of aromatic nitrogens is 2. The standard InChI is InChI=1S/C14H14F3N5.H3N/c15-14(16,17)10-4-3-5-11(8-10)19-20-12-9-18-21-13(12)22-6-1-2-7-22;/h3-5,8-9H,1-2,6-7H2,(H,18,21);1H3. The molecule has 1 aromatic carbocycles. The van der Waals surface area contributed by atoms with Crippen LogP contribution in [-0.4, -0.2) is 23.3 Å². The van der Waals surface area contributed by atoms with E-state index < -0.39 is 11.7 Å². The maximum atomic E-state index is 12.7. The van der Waals surface area contributed by atoms with E-state index in [0.717, 1.165) is 43.9 Å². The summed E-state index contributed by atoms with van der Waals surface area (Å²) >= 11 is 0. The first-order valence-electron chi connectivity index (χ1n) is 6.91. The Morgan fingerprint density at radius 3 is 2.57 bits per heavy atom. The third-order valence-corrected chi connectivity index (χ3v) is 3.47. The van der Waals surface area contributed by atoms with Crippen LogP contribution in [0.3, 0.4) is 0 Å². The molecule has 0 radical (unpaired) electrons. The van der Waals surface area contributed by atoms with E-state index in [0.29, 0.717) is 5.69 Å². The van der Waals surface area contributed by atoms with Crippen LogP contribution in [-0.2, 0) is 6.18 Å². The minimum absolute atomic E-state index is 0. The van der Waals surface area contributed by atoms with Crippen LogP contribution >= 0.6 is 0 Å². The van der Waals surface area contributed by atoms with Crippen LogP contribution in [0.5, 0.6) is 0 Å². The highest BCUT2D eigenvalue weighted by Gasteiger charge is 2.30. The zero-order valence-corrected chi connectivity index (χ0v) is 12.3. The highest BCUT2D eigenvalue weighted by atomic mass is 19.4. The first kappa shape index (κ1) is 16.9. The summed E-state index contributed by atoms with van der Waals surface area (Å²) in [4.78, 5) is 2.10. The Balaban J connectivity index is 0.00000192. The molecular weight excluding hydrogens is 309 g/mol. The molecule has 1 aromatic heterocycles. The summed E-state index contributed by atoms with van der Waals surface area (Å²) in [5.41, 5.74) is -0.0568. The zero-order chi connectivity index (χ0) is 15.6. The SMILES string of the molecule is FC(F)(F)c1cccc(N=Nc2cn[nH]c2N2CCCC2)c1.N. The van der Waals surface area contributed by atoms with Gasteiger partial charge in [0.25, 0.3) is 0 Å². The zero-order valence-electron chi connectivity index (χ0n) is 12.3. The van der Waals surface area contributed by atoms with Crippen molar-refractivity contribution in [3.05, 3.63) is 36.0 Å². The molecule has 0 amide bonds. The number of aromatic amines is 1. The fourth-order valence-electron chi connectivity index (χ4n) is 2.38. The van der Waals surface area contributed by atoms with E-state index in [-0.39, 0.29) is 11.8 Å². The van der Waals surface area contributed by atoms with Gasteiger partial charge in [0.2, 0.25) is 0 Å². The van der Waals surface area contributed by atoms with E-state index in [1.165, 1.54) is 18.3 Å². The smallest absolute Gasteiger partial charge is 0.355 e. The molecule has 124 valence electrons. The van der Waals surface area contributed by atoms with Crippen molar-refractivity contribution in [3.63, 3.8) is 0 Å². The van der Waals surface area contributed by atoms with E-state index in [4.69, 9.17) is 0 Å². The first-order valence-corrected chi connectivity index (χ1v) is 6.91. The number of H-pyrrole nitrogens is 1. The van der Waals surface area contributed by atoms with E-state index in [1.807, 2.05) is 0 Å². The van der Waals surface area contributed by atoms with Crippen LogP contribution in [0.1, 0.15) is 18.4 Å². The van der Waals surface area contributed by atoms with Crippen molar-refractivity contribution in [2.45, 2.75) is 19.0 Å².